The predicted molar refractivity (Wildman–Crippen MR) is 104 cm³/mol. The summed E-state index contributed by atoms with van der Waals surface area (Å²) in [7, 11) is 0. The van der Waals surface area contributed by atoms with Crippen molar-refractivity contribution in [3.05, 3.63) is 35.0 Å². The molecule has 1 fully saturated rings. The van der Waals surface area contributed by atoms with Crippen LogP contribution in [0.2, 0.25) is 5.02 Å². The molecule has 0 radical (unpaired) electrons. The summed E-state index contributed by atoms with van der Waals surface area (Å²) < 4.78 is 0. The number of rotatable bonds is 3. The van der Waals surface area contributed by atoms with Crippen LogP contribution in [0.3, 0.4) is 0 Å². The van der Waals surface area contributed by atoms with Crippen LogP contribution in [0.4, 0.5) is 0 Å². The van der Waals surface area contributed by atoms with E-state index in [1.807, 2.05) is 6.07 Å². The third kappa shape index (κ3) is 3.31. The summed E-state index contributed by atoms with van der Waals surface area (Å²) in [6, 6.07) is 6.73. The van der Waals surface area contributed by atoms with Gasteiger partial charge in [0.05, 0.1) is 23.0 Å². The van der Waals surface area contributed by atoms with Gasteiger partial charge in [0.15, 0.2) is 0 Å². The zero-order valence-electron chi connectivity index (χ0n) is 13.0. The second-order valence-electron chi connectivity index (χ2n) is 5.88. The summed E-state index contributed by atoms with van der Waals surface area (Å²) in [5, 5.41) is 15.7. The van der Waals surface area contributed by atoms with Crippen LogP contribution in [0.25, 0.3) is 10.9 Å². The number of hydrogen-bond acceptors (Lipinski definition) is 7. The first-order valence-electron chi connectivity index (χ1n) is 7.68. The summed E-state index contributed by atoms with van der Waals surface area (Å²) in [6.07, 6.45) is 0. The van der Waals surface area contributed by atoms with Crippen LogP contribution in [0.15, 0.2) is 29.3 Å². The molecule has 2 aliphatic rings. The number of pyridine rings is 1. The van der Waals surface area contributed by atoms with Crippen molar-refractivity contribution in [2.75, 3.05) is 11.5 Å². The zero-order valence-corrected chi connectivity index (χ0v) is 15.4. The highest BCUT2D eigenvalue weighted by Crippen LogP contribution is 2.34. The maximum atomic E-state index is 11.3. The van der Waals surface area contributed by atoms with Crippen LogP contribution >= 0.6 is 35.1 Å². The number of nitrogens with two attached hydrogens (primary N) is 1. The minimum Gasteiger partial charge on any atom is -0.506 e. The van der Waals surface area contributed by atoms with E-state index in [1.54, 1.807) is 41.7 Å². The highest BCUT2D eigenvalue weighted by atomic mass is 35.5. The van der Waals surface area contributed by atoms with E-state index >= 15 is 0 Å². The van der Waals surface area contributed by atoms with E-state index in [0.29, 0.717) is 27.0 Å². The summed E-state index contributed by atoms with van der Waals surface area (Å²) in [5.74, 6) is 1.18. The van der Waals surface area contributed by atoms with Crippen molar-refractivity contribution in [1.29, 1.82) is 0 Å². The fraction of sp³-hybridized carbons (Fsp3) is 0.312. The van der Waals surface area contributed by atoms with Crippen molar-refractivity contribution < 1.29 is 9.90 Å². The van der Waals surface area contributed by atoms with E-state index in [9.17, 15) is 9.90 Å². The molecule has 4 rings (SSSR count). The van der Waals surface area contributed by atoms with Gasteiger partial charge in [-0.25, -0.2) is 4.98 Å². The molecule has 1 aromatic carbocycles. The van der Waals surface area contributed by atoms with Gasteiger partial charge in [-0.3, -0.25) is 15.1 Å². The first-order valence-corrected chi connectivity index (χ1v) is 10.1. The lowest BCUT2D eigenvalue weighted by Crippen LogP contribution is -2.44. The van der Waals surface area contributed by atoms with E-state index < -0.39 is 0 Å². The molecule has 2 aliphatic heterocycles. The standard InChI is InChI=1S/C16H15ClN4O2S2/c17-8-2-1-7-3-12(22)13(19-9(7)4-8)16-21-11(6-25-16)15-20-10(5-24-15)14(18)23/h1-4,10-11,15,20,22H,5-6H2,(H2,18,23). The average molecular weight is 395 g/mol. The smallest absolute Gasteiger partial charge is 0.235 e. The quantitative estimate of drug-likeness (QED) is 0.735. The molecular formula is C16H15ClN4O2S2. The van der Waals surface area contributed by atoms with Gasteiger partial charge in [0.2, 0.25) is 5.91 Å². The van der Waals surface area contributed by atoms with Crippen LogP contribution in [0.1, 0.15) is 5.69 Å². The molecule has 0 aliphatic carbocycles. The van der Waals surface area contributed by atoms with E-state index in [0.717, 1.165) is 11.1 Å². The van der Waals surface area contributed by atoms with Crippen molar-refractivity contribution in [2.45, 2.75) is 17.5 Å². The molecule has 130 valence electrons. The number of carbonyl (C=O) groups excluding carboxylic acids is 1. The van der Waals surface area contributed by atoms with Crippen LogP contribution < -0.4 is 11.1 Å². The highest BCUT2D eigenvalue weighted by Gasteiger charge is 2.36. The third-order valence-corrected chi connectivity index (χ3v) is 6.79. The number of halogens is 1. The SMILES string of the molecule is NC(=O)C1CSC(C2CSC(c3nc4cc(Cl)ccc4cc3O)=N2)N1. The lowest BCUT2D eigenvalue weighted by atomic mass is 10.2. The number of benzene rings is 1. The Balaban J connectivity index is 1.61. The number of fused-ring (bicyclic) bond motifs is 1. The van der Waals surface area contributed by atoms with Crippen LogP contribution in [-0.2, 0) is 4.79 Å². The molecule has 0 saturated carbocycles. The molecule has 9 heteroatoms. The number of nitrogens with zero attached hydrogens (tertiary/aromatic N) is 2. The number of amides is 1. The second kappa shape index (κ2) is 6.68. The number of carbonyl (C=O) groups is 1. The largest absolute Gasteiger partial charge is 0.506 e. The fourth-order valence-electron chi connectivity index (χ4n) is 2.84. The minimum atomic E-state index is -0.337. The first kappa shape index (κ1) is 17.0. The van der Waals surface area contributed by atoms with Crippen LogP contribution in [0.5, 0.6) is 5.75 Å². The Morgan fingerprint density at radius 3 is 2.96 bits per heavy atom. The van der Waals surface area contributed by atoms with Crippen molar-refractivity contribution in [2.24, 2.45) is 10.7 Å². The second-order valence-corrected chi connectivity index (χ2v) is 8.50. The first-order chi connectivity index (χ1) is 12.0. The maximum Gasteiger partial charge on any atom is 0.235 e. The van der Waals surface area contributed by atoms with Gasteiger partial charge in [-0.2, -0.15) is 0 Å². The third-order valence-electron chi connectivity index (χ3n) is 4.14. The molecule has 4 N–H and O–H groups in total. The fourth-order valence-corrected chi connectivity index (χ4v) is 5.52. The predicted octanol–water partition coefficient (Wildman–Crippen LogP) is 1.97. The van der Waals surface area contributed by atoms with Gasteiger partial charge in [-0.1, -0.05) is 17.7 Å². The molecule has 0 bridgehead atoms. The van der Waals surface area contributed by atoms with Gasteiger partial charge in [-0.05, 0) is 18.2 Å². The molecular weight excluding hydrogens is 380 g/mol. The Kier molecular flexibility index (Phi) is 4.53. The number of primary amides is 1. The average Bonchev–Trinajstić information content (AvgIpc) is 3.23. The molecule has 3 unspecified atom stereocenters. The molecule has 3 atom stereocenters. The van der Waals surface area contributed by atoms with Gasteiger partial charge in [0.25, 0.3) is 0 Å². The van der Waals surface area contributed by atoms with Crippen molar-refractivity contribution in [3.8, 4) is 5.75 Å². The van der Waals surface area contributed by atoms with Crippen molar-refractivity contribution in [3.63, 3.8) is 0 Å². The van der Waals surface area contributed by atoms with Gasteiger partial charge in [-0.15, -0.1) is 23.5 Å². The minimum absolute atomic E-state index is 0.00519. The lowest BCUT2D eigenvalue weighted by molar-refractivity contribution is -0.119. The molecule has 0 spiro atoms. The van der Waals surface area contributed by atoms with Gasteiger partial charge in [0, 0.05) is 21.9 Å². The van der Waals surface area contributed by atoms with E-state index in [4.69, 9.17) is 22.3 Å². The molecule has 2 aromatic rings. The Bertz CT molecular complexity index is 892. The molecule has 1 amide bonds. The van der Waals surface area contributed by atoms with Crippen LogP contribution in [-0.4, -0.2) is 50.0 Å². The molecule has 1 saturated heterocycles. The Morgan fingerprint density at radius 2 is 2.20 bits per heavy atom. The molecule has 1 aromatic heterocycles. The number of nitrogens with one attached hydrogen (secondary N) is 1. The summed E-state index contributed by atoms with van der Waals surface area (Å²) in [6.45, 7) is 0. The van der Waals surface area contributed by atoms with E-state index in [2.05, 4.69) is 10.3 Å². The maximum absolute atomic E-state index is 11.3. The molecule has 6 nitrogen and oxygen atoms in total. The van der Waals surface area contributed by atoms with E-state index in [-0.39, 0.29) is 29.1 Å². The lowest BCUT2D eigenvalue weighted by Gasteiger charge is -2.15. The number of hydrogen-bond donors (Lipinski definition) is 3. The zero-order chi connectivity index (χ0) is 17.6. The molecule has 3 heterocycles. The van der Waals surface area contributed by atoms with Gasteiger partial charge >= 0.3 is 0 Å². The number of aromatic nitrogens is 1. The summed E-state index contributed by atoms with van der Waals surface area (Å²) in [5.41, 5.74) is 6.54. The Labute approximate surface area is 157 Å². The topological polar surface area (TPSA) is 101 Å². The van der Waals surface area contributed by atoms with E-state index in [1.165, 1.54) is 0 Å². The summed E-state index contributed by atoms with van der Waals surface area (Å²) >= 11 is 9.23. The molecule has 25 heavy (non-hydrogen) atoms. The number of thioether (sulfide) groups is 2. The van der Waals surface area contributed by atoms with Crippen molar-refractivity contribution in [1.82, 2.24) is 10.3 Å². The van der Waals surface area contributed by atoms with Gasteiger partial charge in [0.1, 0.15) is 16.5 Å². The van der Waals surface area contributed by atoms with Gasteiger partial charge < -0.3 is 10.8 Å². The normalized spacial score (nSPS) is 26.1. The number of aromatic hydroxyl groups is 1. The Morgan fingerprint density at radius 1 is 1.36 bits per heavy atom. The monoisotopic (exact) mass is 394 g/mol. The Hall–Kier alpha value is -1.48. The van der Waals surface area contributed by atoms with Crippen LogP contribution in [0, 0.1) is 0 Å². The highest BCUT2D eigenvalue weighted by molar-refractivity contribution is 8.14. The number of aliphatic imine (C=N–C) groups is 1. The summed E-state index contributed by atoms with van der Waals surface area (Å²) in [4.78, 5) is 20.5. The van der Waals surface area contributed by atoms with Crippen molar-refractivity contribution >= 4 is 57.0 Å².